The average molecular weight is 736 g/mol. The quantitative estimate of drug-likeness (QED) is 0.172. The van der Waals surface area contributed by atoms with Crippen molar-refractivity contribution in [3.63, 3.8) is 0 Å². The molecule has 2 fully saturated rings. The van der Waals surface area contributed by atoms with E-state index < -0.39 is 7.14 Å². The number of nitrogens with one attached hydrogen (secondary N) is 2. The van der Waals surface area contributed by atoms with E-state index in [0.29, 0.717) is 28.2 Å². The van der Waals surface area contributed by atoms with Crippen LogP contribution in [-0.4, -0.2) is 97.5 Å². The van der Waals surface area contributed by atoms with Crippen LogP contribution in [0.2, 0.25) is 0 Å². The van der Waals surface area contributed by atoms with Gasteiger partial charge < -0.3 is 29.7 Å². The summed E-state index contributed by atoms with van der Waals surface area (Å²) in [6, 6.07) is 12.9. The SMILES string of the molecule is COc1cc(N2CCC(N3CCN(C)CC3)CC2)c(C)cc1Nc1ncc(Br)c(Nc2ccc3nc(C(C)C)ccc3c2P(C)(C)=O)n1. The summed E-state index contributed by atoms with van der Waals surface area (Å²) in [7, 11) is 1.21. The molecule has 10 nitrogen and oxygen atoms in total. The van der Waals surface area contributed by atoms with Gasteiger partial charge in [-0.2, -0.15) is 4.98 Å². The number of nitrogens with zero attached hydrogens (tertiary/aromatic N) is 6. The van der Waals surface area contributed by atoms with E-state index in [1.807, 2.05) is 24.3 Å². The minimum atomic E-state index is -2.71. The number of piperazine rings is 1. The molecular formula is C36H48BrN8O2P. The molecule has 0 radical (unpaired) electrons. The van der Waals surface area contributed by atoms with Gasteiger partial charge in [-0.1, -0.05) is 19.9 Å². The number of piperidine rings is 1. The van der Waals surface area contributed by atoms with Crippen molar-refractivity contribution in [1.82, 2.24) is 24.8 Å². The molecular weight excluding hydrogens is 687 g/mol. The molecule has 0 atom stereocenters. The summed E-state index contributed by atoms with van der Waals surface area (Å²) in [6.07, 6.45) is 4.06. The summed E-state index contributed by atoms with van der Waals surface area (Å²) in [5, 5.41) is 8.47. The van der Waals surface area contributed by atoms with Gasteiger partial charge >= 0.3 is 0 Å². The van der Waals surface area contributed by atoms with Gasteiger partial charge in [0.05, 0.1) is 28.5 Å². The molecule has 4 aromatic rings. The second kappa shape index (κ2) is 14.3. The second-order valence-corrected chi connectivity index (χ2v) is 17.8. The van der Waals surface area contributed by atoms with E-state index in [1.54, 1.807) is 26.6 Å². The molecule has 0 bridgehead atoms. The van der Waals surface area contributed by atoms with Crippen molar-refractivity contribution >= 4 is 68.1 Å². The van der Waals surface area contributed by atoms with Crippen LogP contribution in [0.3, 0.4) is 0 Å². The smallest absolute Gasteiger partial charge is 0.229 e. The first-order valence-corrected chi connectivity index (χ1v) is 20.2. The zero-order chi connectivity index (χ0) is 34.2. The van der Waals surface area contributed by atoms with Crippen LogP contribution in [0.4, 0.5) is 28.8 Å². The Morgan fingerprint density at radius 1 is 0.958 bits per heavy atom. The van der Waals surface area contributed by atoms with E-state index in [4.69, 9.17) is 14.7 Å². The number of hydrogen-bond acceptors (Lipinski definition) is 10. The molecule has 2 aliphatic rings. The molecule has 2 aliphatic heterocycles. The number of benzene rings is 2. The van der Waals surface area contributed by atoms with Gasteiger partial charge in [0.15, 0.2) is 0 Å². The molecule has 0 spiro atoms. The summed E-state index contributed by atoms with van der Waals surface area (Å²) < 4.78 is 20.2. The van der Waals surface area contributed by atoms with E-state index in [1.165, 1.54) is 37.2 Å². The minimum absolute atomic E-state index is 0.303. The Kier molecular flexibility index (Phi) is 10.3. The maximum Gasteiger partial charge on any atom is 0.229 e. The van der Waals surface area contributed by atoms with Gasteiger partial charge in [0.25, 0.3) is 0 Å². The highest BCUT2D eigenvalue weighted by Gasteiger charge is 2.28. The number of ether oxygens (including phenoxy) is 1. The van der Waals surface area contributed by atoms with E-state index in [9.17, 15) is 4.57 Å². The zero-order valence-corrected chi connectivity index (χ0v) is 31.7. The number of aromatic nitrogens is 3. The Morgan fingerprint density at radius 2 is 1.69 bits per heavy atom. The highest BCUT2D eigenvalue weighted by atomic mass is 79.9. The van der Waals surface area contributed by atoms with Crippen LogP contribution in [0.5, 0.6) is 5.75 Å². The Hall–Kier alpha value is -3.24. The van der Waals surface area contributed by atoms with Crippen LogP contribution in [0.15, 0.2) is 47.1 Å². The molecule has 2 aromatic heterocycles. The first kappa shape index (κ1) is 34.6. The molecule has 12 heteroatoms. The van der Waals surface area contributed by atoms with Gasteiger partial charge in [-0.25, -0.2) is 4.98 Å². The van der Waals surface area contributed by atoms with Gasteiger partial charge in [-0.3, -0.25) is 9.88 Å². The fourth-order valence-electron chi connectivity index (χ4n) is 6.91. The molecule has 0 amide bonds. The van der Waals surface area contributed by atoms with E-state index in [-0.39, 0.29) is 0 Å². The molecule has 2 aromatic carbocycles. The highest BCUT2D eigenvalue weighted by molar-refractivity contribution is 9.10. The van der Waals surface area contributed by atoms with Gasteiger partial charge in [0.1, 0.15) is 18.7 Å². The van der Waals surface area contributed by atoms with Crippen molar-refractivity contribution in [3.8, 4) is 5.75 Å². The second-order valence-electron chi connectivity index (χ2n) is 13.8. The highest BCUT2D eigenvalue weighted by Crippen LogP contribution is 2.42. The van der Waals surface area contributed by atoms with E-state index in [0.717, 1.165) is 65.2 Å². The van der Waals surface area contributed by atoms with Gasteiger partial charge in [0.2, 0.25) is 5.95 Å². The lowest BCUT2D eigenvalue weighted by molar-refractivity contribution is 0.0982. The molecule has 0 unspecified atom stereocenters. The molecule has 6 rings (SSSR count). The van der Waals surface area contributed by atoms with Crippen molar-refractivity contribution in [2.45, 2.75) is 45.6 Å². The monoisotopic (exact) mass is 734 g/mol. The fourth-order valence-corrected chi connectivity index (χ4v) is 8.68. The van der Waals surface area contributed by atoms with Crippen LogP contribution >= 0.6 is 23.1 Å². The van der Waals surface area contributed by atoms with Gasteiger partial charge in [-0.15, -0.1) is 0 Å². The number of methoxy groups -OCH3 is 1. The van der Waals surface area contributed by atoms with Crippen molar-refractivity contribution in [1.29, 1.82) is 0 Å². The van der Waals surface area contributed by atoms with Crippen molar-refractivity contribution in [3.05, 3.63) is 58.3 Å². The van der Waals surface area contributed by atoms with E-state index in [2.05, 4.69) is 86.2 Å². The number of likely N-dealkylation sites (N-methyl/N-ethyl adjacent to an activating group) is 1. The van der Waals surface area contributed by atoms with Crippen LogP contribution in [-0.2, 0) is 4.57 Å². The predicted molar refractivity (Wildman–Crippen MR) is 203 cm³/mol. The maximum absolute atomic E-state index is 13.7. The Morgan fingerprint density at radius 3 is 2.35 bits per heavy atom. The molecule has 4 heterocycles. The first-order chi connectivity index (χ1) is 22.9. The third-order valence-corrected chi connectivity index (χ3v) is 11.8. The third kappa shape index (κ3) is 7.49. The Labute approximate surface area is 293 Å². The predicted octanol–water partition coefficient (Wildman–Crippen LogP) is 7.18. The molecule has 48 heavy (non-hydrogen) atoms. The lowest BCUT2D eigenvalue weighted by Gasteiger charge is -2.43. The number of halogens is 1. The lowest BCUT2D eigenvalue weighted by Crippen LogP contribution is -2.52. The largest absolute Gasteiger partial charge is 0.494 e. The standard InChI is InChI=1S/C36H48BrN8O2P/c1-23(2)28-9-8-26-29(39-28)10-11-30(34(26)48(6,7)46)40-35-27(37)22-38-36(42-35)41-31-20-24(3)32(21-33(31)47-5)45-14-12-25(13-15-45)44-18-16-43(4)17-19-44/h8-11,20-23,25H,12-19H2,1-7H3,(H2,38,40,41,42). The van der Waals surface area contributed by atoms with Crippen LogP contribution in [0, 0.1) is 6.92 Å². The molecule has 0 saturated carbocycles. The fraction of sp³-hybridized carbons (Fsp3) is 0.472. The molecule has 256 valence electrons. The summed E-state index contributed by atoms with van der Waals surface area (Å²) in [6.45, 7) is 16.7. The summed E-state index contributed by atoms with van der Waals surface area (Å²) in [5.74, 6) is 2.02. The number of pyridine rings is 1. The van der Waals surface area contributed by atoms with Crippen molar-refractivity contribution in [2.24, 2.45) is 0 Å². The number of fused-ring (bicyclic) bond motifs is 1. The van der Waals surface area contributed by atoms with Gasteiger partial charge in [-0.05, 0) is 91.8 Å². The normalized spacial score (nSPS) is 16.9. The molecule has 2 N–H and O–H groups in total. The number of rotatable bonds is 9. The Balaban J connectivity index is 1.22. The average Bonchev–Trinajstić information content (AvgIpc) is 3.06. The lowest BCUT2D eigenvalue weighted by atomic mass is 10.0. The van der Waals surface area contributed by atoms with Crippen LogP contribution < -0.4 is 25.6 Å². The van der Waals surface area contributed by atoms with Crippen molar-refractivity contribution in [2.75, 3.05) is 82.3 Å². The number of aryl methyl sites for hydroxylation is 1. The topological polar surface area (TPSA) is 98.8 Å². The van der Waals surface area contributed by atoms with Gasteiger partial charge in [0, 0.05) is 79.6 Å². The Bertz CT molecular complexity index is 1830. The molecule has 2 saturated heterocycles. The molecule has 0 aliphatic carbocycles. The zero-order valence-electron chi connectivity index (χ0n) is 29.2. The summed E-state index contributed by atoms with van der Waals surface area (Å²) in [5.41, 5.74) is 5.74. The number of anilines is 5. The van der Waals surface area contributed by atoms with Crippen LogP contribution in [0.25, 0.3) is 10.9 Å². The summed E-state index contributed by atoms with van der Waals surface area (Å²) in [4.78, 5) is 21.8. The maximum atomic E-state index is 13.7. The number of hydrogen-bond donors (Lipinski definition) is 2. The third-order valence-electron chi connectivity index (χ3n) is 9.62. The van der Waals surface area contributed by atoms with E-state index >= 15 is 0 Å². The van der Waals surface area contributed by atoms with Crippen molar-refractivity contribution < 1.29 is 9.30 Å². The minimum Gasteiger partial charge on any atom is -0.494 e. The first-order valence-electron chi connectivity index (χ1n) is 16.8. The summed E-state index contributed by atoms with van der Waals surface area (Å²) >= 11 is 3.62. The van der Waals surface area contributed by atoms with Crippen LogP contribution in [0.1, 0.15) is 43.9 Å².